The third kappa shape index (κ3) is 3.55. The van der Waals surface area contributed by atoms with E-state index in [0.717, 1.165) is 17.0 Å². The Morgan fingerprint density at radius 2 is 2.29 bits per heavy atom. The molecule has 94 valence electrons. The fourth-order valence-electron chi connectivity index (χ4n) is 1.43. The van der Waals surface area contributed by atoms with Crippen LogP contribution in [0.3, 0.4) is 0 Å². The van der Waals surface area contributed by atoms with Gasteiger partial charge in [0.15, 0.2) is 0 Å². The molecule has 0 radical (unpaired) electrons. The van der Waals surface area contributed by atoms with E-state index >= 15 is 0 Å². The van der Waals surface area contributed by atoms with E-state index in [0.29, 0.717) is 6.54 Å². The van der Waals surface area contributed by atoms with Gasteiger partial charge in [0.05, 0.1) is 7.11 Å². The van der Waals surface area contributed by atoms with Crippen molar-refractivity contribution in [1.29, 1.82) is 0 Å². The first-order valence-electron chi connectivity index (χ1n) is 5.44. The van der Waals surface area contributed by atoms with E-state index in [9.17, 15) is 0 Å². The predicted molar refractivity (Wildman–Crippen MR) is 68.8 cm³/mol. The lowest BCUT2D eigenvalue weighted by Gasteiger charge is -2.14. The lowest BCUT2D eigenvalue weighted by atomic mass is 10.1. The molecule has 0 heterocycles. The first-order valence-corrected chi connectivity index (χ1v) is 5.44. The SMILES string of the molecule is COc1ccc(NCC(C)C(N)=NO)c(C)c1. The molecule has 4 N–H and O–H groups in total. The molecule has 0 fully saturated rings. The summed E-state index contributed by atoms with van der Waals surface area (Å²) in [7, 11) is 1.64. The van der Waals surface area contributed by atoms with Gasteiger partial charge in [0.25, 0.3) is 0 Å². The second kappa shape index (κ2) is 5.98. The molecule has 0 aliphatic carbocycles. The van der Waals surface area contributed by atoms with Crippen molar-refractivity contribution in [2.45, 2.75) is 13.8 Å². The summed E-state index contributed by atoms with van der Waals surface area (Å²) >= 11 is 0. The Hall–Kier alpha value is -1.91. The van der Waals surface area contributed by atoms with Crippen LogP contribution >= 0.6 is 0 Å². The van der Waals surface area contributed by atoms with Gasteiger partial charge in [-0.15, -0.1) is 0 Å². The van der Waals surface area contributed by atoms with Crippen molar-refractivity contribution in [1.82, 2.24) is 0 Å². The maximum absolute atomic E-state index is 8.54. The molecular weight excluding hydrogens is 218 g/mol. The van der Waals surface area contributed by atoms with E-state index in [1.165, 1.54) is 0 Å². The maximum Gasteiger partial charge on any atom is 0.143 e. The molecule has 0 saturated heterocycles. The number of ether oxygens (including phenoxy) is 1. The van der Waals surface area contributed by atoms with E-state index in [1.807, 2.05) is 32.0 Å². The van der Waals surface area contributed by atoms with Crippen LogP contribution in [0.15, 0.2) is 23.4 Å². The Bertz CT molecular complexity index is 405. The number of oxime groups is 1. The van der Waals surface area contributed by atoms with Crippen LogP contribution in [0.25, 0.3) is 0 Å². The largest absolute Gasteiger partial charge is 0.497 e. The number of aryl methyl sites for hydroxylation is 1. The lowest BCUT2D eigenvalue weighted by molar-refractivity contribution is 0.315. The minimum atomic E-state index is -0.0264. The third-order valence-corrected chi connectivity index (χ3v) is 2.65. The Morgan fingerprint density at radius 3 is 2.82 bits per heavy atom. The second-order valence-electron chi connectivity index (χ2n) is 3.99. The van der Waals surface area contributed by atoms with Gasteiger partial charge in [0.1, 0.15) is 11.6 Å². The molecule has 5 heteroatoms. The number of hydrogen-bond donors (Lipinski definition) is 3. The quantitative estimate of drug-likeness (QED) is 0.316. The van der Waals surface area contributed by atoms with Gasteiger partial charge in [-0.2, -0.15) is 0 Å². The number of anilines is 1. The van der Waals surface area contributed by atoms with Crippen molar-refractivity contribution in [2.24, 2.45) is 16.8 Å². The van der Waals surface area contributed by atoms with E-state index in [-0.39, 0.29) is 11.8 Å². The van der Waals surface area contributed by atoms with Crippen LogP contribution in [0.2, 0.25) is 0 Å². The van der Waals surface area contributed by atoms with Crippen molar-refractivity contribution in [2.75, 3.05) is 19.0 Å². The summed E-state index contributed by atoms with van der Waals surface area (Å²) in [5.74, 6) is 1.03. The Balaban J connectivity index is 2.64. The van der Waals surface area contributed by atoms with Crippen LogP contribution < -0.4 is 15.8 Å². The van der Waals surface area contributed by atoms with E-state index in [1.54, 1.807) is 7.11 Å². The zero-order chi connectivity index (χ0) is 12.8. The molecule has 0 aromatic heterocycles. The minimum Gasteiger partial charge on any atom is -0.497 e. The summed E-state index contributed by atoms with van der Waals surface area (Å²) < 4.78 is 5.13. The summed E-state index contributed by atoms with van der Waals surface area (Å²) in [5.41, 5.74) is 7.61. The molecule has 1 aromatic rings. The van der Waals surface area contributed by atoms with Crippen molar-refractivity contribution < 1.29 is 9.94 Å². The molecule has 1 unspecified atom stereocenters. The number of benzene rings is 1. The number of amidine groups is 1. The second-order valence-corrected chi connectivity index (χ2v) is 3.99. The molecule has 0 spiro atoms. The Kier molecular flexibility index (Phi) is 4.63. The van der Waals surface area contributed by atoms with Gasteiger partial charge in [0, 0.05) is 18.2 Å². The minimum absolute atomic E-state index is 0.0264. The Morgan fingerprint density at radius 1 is 1.59 bits per heavy atom. The molecule has 0 aliphatic heterocycles. The number of methoxy groups -OCH3 is 1. The van der Waals surface area contributed by atoms with Crippen molar-refractivity contribution in [3.05, 3.63) is 23.8 Å². The molecule has 0 saturated carbocycles. The van der Waals surface area contributed by atoms with Crippen LogP contribution in [-0.4, -0.2) is 24.7 Å². The first-order chi connectivity index (χ1) is 8.08. The average molecular weight is 237 g/mol. The number of nitrogens with one attached hydrogen (secondary N) is 1. The standard InChI is InChI=1S/C12H19N3O2/c1-8-6-10(17-3)4-5-11(8)14-7-9(2)12(13)15-16/h4-6,9,14,16H,7H2,1-3H3,(H2,13,15). The third-order valence-electron chi connectivity index (χ3n) is 2.65. The smallest absolute Gasteiger partial charge is 0.143 e. The van der Waals surface area contributed by atoms with Crippen LogP contribution in [0, 0.1) is 12.8 Å². The highest BCUT2D eigenvalue weighted by Gasteiger charge is 2.08. The fourth-order valence-corrected chi connectivity index (χ4v) is 1.43. The molecule has 1 atom stereocenters. The van der Waals surface area contributed by atoms with E-state index in [4.69, 9.17) is 15.7 Å². The van der Waals surface area contributed by atoms with Gasteiger partial charge in [-0.05, 0) is 30.7 Å². The zero-order valence-corrected chi connectivity index (χ0v) is 10.4. The molecular formula is C12H19N3O2. The van der Waals surface area contributed by atoms with Gasteiger partial charge >= 0.3 is 0 Å². The highest BCUT2D eigenvalue weighted by Crippen LogP contribution is 2.21. The van der Waals surface area contributed by atoms with Gasteiger partial charge in [-0.25, -0.2) is 0 Å². The maximum atomic E-state index is 8.54. The van der Waals surface area contributed by atoms with E-state index in [2.05, 4.69) is 10.5 Å². The highest BCUT2D eigenvalue weighted by molar-refractivity contribution is 5.82. The summed E-state index contributed by atoms with van der Waals surface area (Å²) in [6.07, 6.45) is 0. The molecule has 0 aliphatic rings. The number of hydrogen-bond acceptors (Lipinski definition) is 4. The summed E-state index contributed by atoms with van der Waals surface area (Å²) in [4.78, 5) is 0. The molecule has 0 amide bonds. The summed E-state index contributed by atoms with van der Waals surface area (Å²) in [6.45, 7) is 4.50. The molecule has 1 rings (SSSR count). The van der Waals surface area contributed by atoms with E-state index < -0.39 is 0 Å². The molecule has 5 nitrogen and oxygen atoms in total. The van der Waals surface area contributed by atoms with Crippen LogP contribution in [-0.2, 0) is 0 Å². The van der Waals surface area contributed by atoms with Crippen LogP contribution in [0.1, 0.15) is 12.5 Å². The van der Waals surface area contributed by atoms with Crippen LogP contribution in [0.5, 0.6) is 5.75 Å². The van der Waals surface area contributed by atoms with Gasteiger partial charge in [-0.3, -0.25) is 0 Å². The van der Waals surface area contributed by atoms with Crippen LogP contribution in [0.4, 0.5) is 5.69 Å². The molecule has 0 bridgehead atoms. The number of rotatable bonds is 5. The highest BCUT2D eigenvalue weighted by atomic mass is 16.5. The first kappa shape index (κ1) is 13.2. The Labute approximate surface area is 101 Å². The van der Waals surface area contributed by atoms with Crippen molar-refractivity contribution in [3.63, 3.8) is 0 Å². The van der Waals surface area contributed by atoms with Crippen molar-refractivity contribution >= 4 is 11.5 Å². The average Bonchev–Trinajstić information content (AvgIpc) is 2.35. The van der Waals surface area contributed by atoms with Gasteiger partial charge in [0.2, 0.25) is 0 Å². The molecule has 17 heavy (non-hydrogen) atoms. The monoisotopic (exact) mass is 237 g/mol. The zero-order valence-electron chi connectivity index (χ0n) is 10.4. The normalized spacial score (nSPS) is 13.2. The summed E-state index contributed by atoms with van der Waals surface area (Å²) in [5, 5.41) is 14.8. The molecule has 1 aromatic carbocycles. The fraction of sp³-hybridized carbons (Fsp3) is 0.417. The summed E-state index contributed by atoms with van der Waals surface area (Å²) in [6, 6.07) is 5.80. The van der Waals surface area contributed by atoms with Crippen molar-refractivity contribution in [3.8, 4) is 5.75 Å². The predicted octanol–water partition coefficient (Wildman–Crippen LogP) is 1.80. The van der Waals surface area contributed by atoms with Gasteiger partial charge < -0.3 is 21.0 Å². The number of nitrogens with zero attached hydrogens (tertiary/aromatic N) is 1. The topological polar surface area (TPSA) is 79.9 Å². The number of nitrogens with two attached hydrogens (primary N) is 1. The van der Waals surface area contributed by atoms with Gasteiger partial charge in [-0.1, -0.05) is 12.1 Å². The lowest BCUT2D eigenvalue weighted by Crippen LogP contribution is -2.27.